The Morgan fingerprint density at radius 1 is 1.11 bits per heavy atom. The summed E-state index contributed by atoms with van der Waals surface area (Å²) in [6.45, 7) is 6.92. The van der Waals surface area contributed by atoms with Crippen molar-refractivity contribution in [3.8, 4) is 0 Å². The first-order valence-corrected chi connectivity index (χ1v) is 15.8. The van der Waals surface area contributed by atoms with Crippen LogP contribution in [-0.2, 0) is 4.79 Å². The van der Waals surface area contributed by atoms with Crippen LogP contribution >= 0.6 is 11.8 Å². The molecular weight excluding hydrogens is 482 g/mol. The average Bonchev–Trinajstić information content (AvgIpc) is 3.23. The zero-order valence-corrected chi connectivity index (χ0v) is 23.8. The summed E-state index contributed by atoms with van der Waals surface area (Å²) in [7, 11) is 0. The van der Waals surface area contributed by atoms with Gasteiger partial charge in [0.25, 0.3) is 0 Å². The van der Waals surface area contributed by atoms with Crippen LogP contribution in [0.2, 0.25) is 0 Å². The SMILES string of the molecule is CSc1cccc(NC(=O)CCC(C)C2CCC3C4C(O)CC5CC(O)CCC5(C)C4CC(O)C23C)c1. The van der Waals surface area contributed by atoms with Crippen molar-refractivity contribution in [2.24, 2.45) is 46.3 Å². The maximum atomic E-state index is 12.8. The molecule has 4 saturated carbocycles. The van der Waals surface area contributed by atoms with Gasteiger partial charge in [0.2, 0.25) is 5.91 Å². The van der Waals surface area contributed by atoms with Crippen LogP contribution in [0, 0.1) is 46.3 Å². The van der Waals surface area contributed by atoms with Crippen molar-refractivity contribution < 1.29 is 20.1 Å². The molecule has 1 amide bonds. The van der Waals surface area contributed by atoms with E-state index in [0.717, 1.165) is 61.9 Å². The second-order valence-corrected chi connectivity index (χ2v) is 14.2. The summed E-state index contributed by atoms with van der Waals surface area (Å²) in [4.78, 5) is 13.9. The number of aliphatic hydroxyl groups is 3. The number of fused-ring (bicyclic) bond motifs is 5. The van der Waals surface area contributed by atoms with Crippen molar-refractivity contribution >= 4 is 23.4 Å². The number of carbonyl (C=O) groups is 1. The topological polar surface area (TPSA) is 89.8 Å². The molecular formula is C31H47NO4S. The molecule has 0 saturated heterocycles. The van der Waals surface area contributed by atoms with E-state index >= 15 is 0 Å². The van der Waals surface area contributed by atoms with Crippen molar-refractivity contribution in [2.45, 2.75) is 102 Å². The number of hydrogen-bond acceptors (Lipinski definition) is 5. The van der Waals surface area contributed by atoms with Crippen LogP contribution < -0.4 is 5.32 Å². The van der Waals surface area contributed by atoms with Crippen LogP contribution in [0.4, 0.5) is 5.69 Å². The largest absolute Gasteiger partial charge is 0.393 e. The van der Waals surface area contributed by atoms with Gasteiger partial charge in [0.05, 0.1) is 18.3 Å². The second kappa shape index (κ2) is 10.5. The van der Waals surface area contributed by atoms with E-state index in [1.54, 1.807) is 11.8 Å². The third-order valence-corrected chi connectivity index (χ3v) is 12.4. The number of benzene rings is 1. The number of rotatable bonds is 6. The summed E-state index contributed by atoms with van der Waals surface area (Å²) in [6.07, 6.45) is 8.63. The number of anilines is 1. The molecule has 4 aliphatic rings. The molecule has 0 aliphatic heterocycles. The lowest BCUT2D eigenvalue weighted by Crippen LogP contribution is -2.62. The highest BCUT2D eigenvalue weighted by atomic mass is 32.2. The molecule has 206 valence electrons. The first-order chi connectivity index (χ1) is 17.6. The minimum absolute atomic E-state index is 0.0511. The number of hydrogen-bond donors (Lipinski definition) is 4. The zero-order valence-electron chi connectivity index (χ0n) is 23.0. The highest BCUT2D eigenvalue weighted by Gasteiger charge is 2.65. The Labute approximate surface area is 227 Å². The van der Waals surface area contributed by atoms with Gasteiger partial charge < -0.3 is 20.6 Å². The molecule has 4 aliphatic carbocycles. The number of amides is 1. The van der Waals surface area contributed by atoms with Gasteiger partial charge >= 0.3 is 0 Å². The van der Waals surface area contributed by atoms with Gasteiger partial charge in [-0.25, -0.2) is 0 Å². The van der Waals surface area contributed by atoms with E-state index in [0.29, 0.717) is 36.0 Å². The van der Waals surface area contributed by atoms with Crippen LogP contribution in [-0.4, -0.2) is 45.8 Å². The smallest absolute Gasteiger partial charge is 0.224 e. The fraction of sp³-hybridized carbons (Fsp3) is 0.774. The Hall–Kier alpha value is -1.08. The molecule has 11 atom stereocenters. The molecule has 0 radical (unpaired) electrons. The number of carbonyl (C=O) groups excluding carboxylic acids is 1. The van der Waals surface area contributed by atoms with E-state index in [-0.39, 0.29) is 41.0 Å². The Morgan fingerprint density at radius 2 is 1.89 bits per heavy atom. The van der Waals surface area contributed by atoms with Crippen molar-refractivity contribution in [3.05, 3.63) is 24.3 Å². The summed E-state index contributed by atoms with van der Waals surface area (Å²) >= 11 is 1.67. The minimum atomic E-state index is -0.383. The predicted molar refractivity (Wildman–Crippen MR) is 149 cm³/mol. The lowest BCUT2D eigenvalue weighted by molar-refractivity contribution is -0.207. The van der Waals surface area contributed by atoms with Crippen LogP contribution in [0.15, 0.2) is 29.2 Å². The minimum Gasteiger partial charge on any atom is -0.393 e. The van der Waals surface area contributed by atoms with Gasteiger partial charge in [0.15, 0.2) is 0 Å². The monoisotopic (exact) mass is 529 g/mol. The molecule has 0 bridgehead atoms. The summed E-state index contributed by atoms with van der Waals surface area (Å²) in [5, 5.41) is 36.6. The van der Waals surface area contributed by atoms with Crippen molar-refractivity contribution in [1.29, 1.82) is 0 Å². The molecule has 37 heavy (non-hydrogen) atoms. The van der Waals surface area contributed by atoms with E-state index < -0.39 is 0 Å². The summed E-state index contributed by atoms with van der Waals surface area (Å²) in [6, 6.07) is 7.96. The zero-order chi connectivity index (χ0) is 26.5. The molecule has 0 heterocycles. The Morgan fingerprint density at radius 3 is 2.65 bits per heavy atom. The van der Waals surface area contributed by atoms with Crippen molar-refractivity contribution in [3.63, 3.8) is 0 Å². The third kappa shape index (κ3) is 4.79. The Kier molecular flexibility index (Phi) is 7.78. The molecule has 6 heteroatoms. The molecule has 1 aromatic carbocycles. The molecule has 1 aromatic rings. The normalized spacial score (nSPS) is 43.9. The van der Waals surface area contributed by atoms with Crippen LogP contribution in [0.5, 0.6) is 0 Å². The van der Waals surface area contributed by atoms with Gasteiger partial charge in [-0.05, 0) is 122 Å². The second-order valence-electron chi connectivity index (χ2n) is 13.3. The van der Waals surface area contributed by atoms with E-state index in [9.17, 15) is 20.1 Å². The van der Waals surface area contributed by atoms with Gasteiger partial charge in [-0.15, -0.1) is 11.8 Å². The fourth-order valence-electron chi connectivity index (χ4n) is 9.62. The molecule has 4 N–H and O–H groups in total. The Bertz CT molecular complexity index is 988. The number of aliphatic hydroxyl groups excluding tert-OH is 3. The van der Waals surface area contributed by atoms with E-state index in [2.05, 4.69) is 26.1 Å². The maximum Gasteiger partial charge on any atom is 0.224 e. The highest BCUT2D eigenvalue weighted by Crippen LogP contribution is 2.68. The van der Waals surface area contributed by atoms with Gasteiger partial charge in [-0.3, -0.25) is 4.79 Å². The quantitative estimate of drug-likeness (QED) is 0.354. The first kappa shape index (κ1) is 27.5. The van der Waals surface area contributed by atoms with Crippen molar-refractivity contribution in [2.75, 3.05) is 11.6 Å². The predicted octanol–water partition coefficient (Wildman–Crippen LogP) is 5.72. The van der Waals surface area contributed by atoms with E-state index in [1.807, 2.05) is 30.5 Å². The van der Waals surface area contributed by atoms with E-state index in [4.69, 9.17) is 0 Å². The average molecular weight is 530 g/mol. The summed E-state index contributed by atoms with van der Waals surface area (Å²) in [5.74, 6) is 1.94. The molecule has 11 unspecified atom stereocenters. The molecule has 5 nitrogen and oxygen atoms in total. The summed E-state index contributed by atoms with van der Waals surface area (Å²) in [5.41, 5.74) is 0.725. The lowest BCUT2D eigenvalue weighted by atomic mass is 9.43. The third-order valence-electron chi connectivity index (χ3n) is 11.7. The van der Waals surface area contributed by atoms with Gasteiger partial charge in [-0.1, -0.05) is 26.8 Å². The van der Waals surface area contributed by atoms with Crippen LogP contribution in [0.1, 0.15) is 78.6 Å². The van der Waals surface area contributed by atoms with Gasteiger partial charge in [0.1, 0.15) is 0 Å². The fourth-order valence-corrected chi connectivity index (χ4v) is 10.1. The summed E-state index contributed by atoms with van der Waals surface area (Å²) < 4.78 is 0. The number of thioether (sulfide) groups is 1. The van der Waals surface area contributed by atoms with Crippen molar-refractivity contribution in [1.82, 2.24) is 0 Å². The van der Waals surface area contributed by atoms with E-state index in [1.165, 1.54) is 0 Å². The molecule has 0 spiro atoms. The molecule has 0 aromatic heterocycles. The van der Waals surface area contributed by atoms with Crippen LogP contribution in [0.3, 0.4) is 0 Å². The van der Waals surface area contributed by atoms with Crippen LogP contribution in [0.25, 0.3) is 0 Å². The molecule has 5 rings (SSSR count). The highest BCUT2D eigenvalue weighted by molar-refractivity contribution is 7.98. The molecule has 4 fully saturated rings. The maximum absolute atomic E-state index is 12.8. The first-order valence-electron chi connectivity index (χ1n) is 14.6. The lowest BCUT2D eigenvalue weighted by Gasteiger charge is -2.63. The van der Waals surface area contributed by atoms with Gasteiger partial charge in [0, 0.05) is 17.0 Å². The number of nitrogens with one attached hydrogen (secondary N) is 1. The standard InChI is InChI=1S/C31H47NO4S/c1-18(8-11-28(36)32-20-6-5-7-22(16-20)37-4)23-9-10-24-29-25(17-27(35)31(23,24)3)30(2)13-12-21(33)14-19(30)15-26(29)34/h5-7,16,18-19,21,23-27,29,33-35H,8-15,17H2,1-4H3,(H,32,36). The Balaban J connectivity index is 1.27. The van der Waals surface area contributed by atoms with Gasteiger partial charge in [-0.2, -0.15) is 0 Å².